The highest BCUT2D eigenvalue weighted by molar-refractivity contribution is 7.80. The minimum atomic E-state index is -0.0305. The molecule has 0 fully saturated rings. The van der Waals surface area contributed by atoms with Crippen LogP contribution in [0.1, 0.15) is 39.2 Å². The van der Waals surface area contributed by atoms with Crippen LogP contribution in [0, 0.1) is 0 Å². The number of benzene rings is 1. The van der Waals surface area contributed by atoms with Gasteiger partial charge in [-0.1, -0.05) is 45.4 Å². The lowest BCUT2D eigenvalue weighted by Gasteiger charge is -2.23. The molecule has 1 aromatic carbocycles. The van der Waals surface area contributed by atoms with Crippen molar-refractivity contribution in [3.63, 3.8) is 0 Å². The summed E-state index contributed by atoms with van der Waals surface area (Å²) in [6.45, 7) is 7.50. The van der Waals surface area contributed by atoms with Gasteiger partial charge in [0.25, 0.3) is 0 Å². The molecule has 5 heteroatoms. The predicted octanol–water partition coefficient (Wildman–Crippen LogP) is 3.55. The van der Waals surface area contributed by atoms with E-state index in [4.69, 9.17) is 12.2 Å². The predicted molar refractivity (Wildman–Crippen MR) is 103 cm³/mol. The van der Waals surface area contributed by atoms with Crippen LogP contribution in [-0.4, -0.2) is 24.9 Å². The first-order chi connectivity index (χ1) is 11.0. The van der Waals surface area contributed by atoms with Crippen LogP contribution in [0.2, 0.25) is 0 Å². The maximum Gasteiger partial charge on any atom is 0.186 e. The molecule has 2 rings (SSSR count). The standard InChI is InChI=1S/C18H26N4S/c1-5-6-12-19-17(23)21-20-13-11-16-18(2,3)14-9-7-8-10-15(14)22(16)4/h7-11,13H,5-6,12H2,1-4H3,(H2,19,21,23)/b16-11+,20-13-. The van der Waals surface area contributed by atoms with Crippen LogP contribution in [0.3, 0.4) is 0 Å². The summed E-state index contributed by atoms with van der Waals surface area (Å²) in [4.78, 5) is 2.22. The molecule has 124 valence electrons. The Morgan fingerprint density at radius 2 is 2.09 bits per heavy atom. The average molecular weight is 331 g/mol. The van der Waals surface area contributed by atoms with E-state index in [1.165, 1.54) is 16.9 Å². The minimum absolute atomic E-state index is 0.0305. The fraction of sp³-hybridized carbons (Fsp3) is 0.444. The van der Waals surface area contributed by atoms with E-state index >= 15 is 0 Å². The lowest BCUT2D eigenvalue weighted by molar-refractivity contribution is 0.641. The second-order valence-corrected chi connectivity index (χ2v) is 6.66. The fourth-order valence-corrected chi connectivity index (χ4v) is 3.08. The van der Waals surface area contributed by atoms with Gasteiger partial charge >= 0.3 is 0 Å². The summed E-state index contributed by atoms with van der Waals surface area (Å²) < 4.78 is 0. The van der Waals surface area contributed by atoms with E-state index in [0.717, 1.165) is 19.4 Å². The van der Waals surface area contributed by atoms with Crippen molar-refractivity contribution < 1.29 is 0 Å². The van der Waals surface area contributed by atoms with E-state index in [0.29, 0.717) is 5.11 Å². The number of anilines is 1. The molecular formula is C18H26N4S. The maximum atomic E-state index is 5.17. The van der Waals surface area contributed by atoms with Crippen LogP contribution >= 0.6 is 12.2 Å². The summed E-state index contributed by atoms with van der Waals surface area (Å²) in [5.74, 6) is 0. The Labute approximate surface area is 144 Å². The SMILES string of the molecule is CCCCNC(=S)N/N=C\C=C1\N(C)c2ccccc2C1(C)C. The van der Waals surface area contributed by atoms with Crippen molar-refractivity contribution in [1.82, 2.24) is 10.7 Å². The molecule has 1 aliphatic rings. The number of para-hydroxylation sites is 1. The molecule has 0 saturated heterocycles. The van der Waals surface area contributed by atoms with Crippen LogP contribution < -0.4 is 15.6 Å². The quantitative estimate of drug-likeness (QED) is 0.375. The Balaban J connectivity index is 2.01. The third kappa shape index (κ3) is 3.91. The second kappa shape index (κ2) is 7.59. The van der Waals surface area contributed by atoms with Gasteiger partial charge in [0, 0.05) is 36.6 Å². The number of hydrogen-bond donors (Lipinski definition) is 2. The summed E-state index contributed by atoms with van der Waals surface area (Å²) in [5.41, 5.74) is 6.63. The molecule has 1 aromatic rings. The Morgan fingerprint density at radius 3 is 2.78 bits per heavy atom. The maximum absolute atomic E-state index is 5.17. The molecule has 4 nitrogen and oxygen atoms in total. The number of unbranched alkanes of at least 4 members (excludes halogenated alkanes) is 1. The minimum Gasteiger partial charge on any atom is -0.361 e. The first kappa shape index (κ1) is 17.5. The molecule has 1 aliphatic heterocycles. The highest BCUT2D eigenvalue weighted by Gasteiger charge is 2.37. The highest BCUT2D eigenvalue weighted by atomic mass is 32.1. The van der Waals surface area contributed by atoms with Gasteiger partial charge in [0.05, 0.1) is 0 Å². The lowest BCUT2D eigenvalue weighted by atomic mass is 9.84. The first-order valence-electron chi connectivity index (χ1n) is 8.09. The van der Waals surface area contributed by atoms with Gasteiger partial charge in [0.1, 0.15) is 0 Å². The number of hydrogen-bond acceptors (Lipinski definition) is 3. The Hall–Kier alpha value is -1.88. The van der Waals surface area contributed by atoms with Gasteiger partial charge in [-0.3, -0.25) is 5.43 Å². The monoisotopic (exact) mass is 330 g/mol. The smallest absolute Gasteiger partial charge is 0.186 e. The van der Waals surface area contributed by atoms with Gasteiger partial charge in [-0.05, 0) is 36.3 Å². The third-order valence-electron chi connectivity index (χ3n) is 4.23. The van der Waals surface area contributed by atoms with E-state index < -0.39 is 0 Å². The van der Waals surface area contributed by atoms with E-state index in [1.54, 1.807) is 6.21 Å². The van der Waals surface area contributed by atoms with Crippen LogP contribution in [0.25, 0.3) is 0 Å². The molecule has 0 saturated carbocycles. The summed E-state index contributed by atoms with van der Waals surface area (Å²) >= 11 is 5.17. The van der Waals surface area contributed by atoms with Gasteiger partial charge in [0.15, 0.2) is 5.11 Å². The highest BCUT2D eigenvalue weighted by Crippen LogP contribution is 2.46. The van der Waals surface area contributed by atoms with E-state index in [1.807, 2.05) is 6.08 Å². The van der Waals surface area contributed by atoms with Crippen molar-refractivity contribution in [2.45, 2.75) is 39.0 Å². The molecule has 0 amide bonds. The van der Waals surface area contributed by atoms with Crippen molar-refractivity contribution in [1.29, 1.82) is 0 Å². The van der Waals surface area contributed by atoms with Crippen molar-refractivity contribution in [3.8, 4) is 0 Å². The fourth-order valence-electron chi connectivity index (χ4n) is 2.92. The van der Waals surface area contributed by atoms with Crippen molar-refractivity contribution >= 4 is 29.2 Å². The summed E-state index contributed by atoms with van der Waals surface area (Å²) in [6.07, 6.45) is 6.06. The Kier molecular flexibility index (Phi) is 5.77. The van der Waals surface area contributed by atoms with Crippen LogP contribution in [0.15, 0.2) is 41.1 Å². The zero-order valence-corrected chi connectivity index (χ0v) is 15.2. The Morgan fingerprint density at radius 1 is 1.35 bits per heavy atom. The van der Waals surface area contributed by atoms with E-state index in [2.05, 4.69) is 72.8 Å². The lowest BCUT2D eigenvalue weighted by Crippen LogP contribution is -2.32. The molecule has 2 N–H and O–H groups in total. The number of thiocarbonyl (C=S) groups is 1. The van der Waals surface area contributed by atoms with Gasteiger partial charge in [-0.15, -0.1) is 0 Å². The zero-order valence-electron chi connectivity index (χ0n) is 14.4. The number of fused-ring (bicyclic) bond motifs is 1. The number of nitrogens with zero attached hydrogens (tertiary/aromatic N) is 2. The number of rotatable bonds is 5. The molecule has 0 spiro atoms. The number of nitrogens with one attached hydrogen (secondary N) is 2. The van der Waals surface area contributed by atoms with Crippen molar-refractivity contribution in [2.75, 3.05) is 18.5 Å². The summed E-state index contributed by atoms with van der Waals surface area (Å²) in [6, 6.07) is 8.51. The Bertz CT molecular complexity index is 619. The largest absolute Gasteiger partial charge is 0.361 e. The van der Waals surface area contributed by atoms with E-state index in [9.17, 15) is 0 Å². The molecule has 0 bridgehead atoms. The van der Waals surface area contributed by atoms with Gasteiger partial charge in [0.2, 0.25) is 0 Å². The van der Waals surface area contributed by atoms with E-state index in [-0.39, 0.29) is 5.41 Å². The molecule has 1 heterocycles. The topological polar surface area (TPSA) is 39.7 Å². The normalized spacial score (nSPS) is 17.6. The van der Waals surface area contributed by atoms with Gasteiger partial charge < -0.3 is 10.2 Å². The van der Waals surface area contributed by atoms with Gasteiger partial charge in [-0.2, -0.15) is 5.10 Å². The molecular weight excluding hydrogens is 304 g/mol. The molecule has 0 atom stereocenters. The number of hydrazone groups is 1. The average Bonchev–Trinajstić information content (AvgIpc) is 2.72. The number of allylic oxidation sites excluding steroid dienone is 2. The first-order valence-corrected chi connectivity index (χ1v) is 8.50. The molecule has 0 unspecified atom stereocenters. The molecule has 0 aliphatic carbocycles. The second-order valence-electron chi connectivity index (χ2n) is 6.25. The van der Waals surface area contributed by atoms with Crippen LogP contribution in [-0.2, 0) is 5.41 Å². The zero-order chi connectivity index (χ0) is 16.9. The summed E-state index contributed by atoms with van der Waals surface area (Å²) in [7, 11) is 2.09. The van der Waals surface area contributed by atoms with Crippen molar-refractivity contribution in [3.05, 3.63) is 41.6 Å². The van der Waals surface area contributed by atoms with Crippen molar-refractivity contribution in [2.24, 2.45) is 5.10 Å². The molecule has 23 heavy (non-hydrogen) atoms. The van der Waals surface area contributed by atoms with Gasteiger partial charge in [-0.25, -0.2) is 0 Å². The van der Waals surface area contributed by atoms with Crippen LogP contribution in [0.5, 0.6) is 0 Å². The molecule has 0 radical (unpaired) electrons. The number of likely N-dealkylation sites (N-methyl/N-ethyl adjacent to an activating group) is 1. The summed E-state index contributed by atoms with van der Waals surface area (Å²) in [5, 5.41) is 7.89. The third-order valence-corrected chi connectivity index (χ3v) is 4.47. The molecule has 0 aromatic heterocycles. The van der Waals surface area contributed by atoms with Crippen LogP contribution in [0.4, 0.5) is 5.69 Å².